The molecule has 0 spiro atoms. The lowest BCUT2D eigenvalue weighted by Crippen LogP contribution is -2.41. The molecule has 0 aliphatic heterocycles. The first-order chi connectivity index (χ1) is 13.7. The van der Waals surface area contributed by atoms with E-state index < -0.39 is 11.7 Å². The highest BCUT2D eigenvalue weighted by Crippen LogP contribution is 2.21. The Bertz CT molecular complexity index is 794. The average Bonchev–Trinajstić information content (AvgIpc) is 2.67. The molecule has 1 N–H and O–H groups in total. The summed E-state index contributed by atoms with van der Waals surface area (Å²) in [5.41, 5.74) is 2.78. The van der Waals surface area contributed by atoms with Crippen LogP contribution in [0.3, 0.4) is 0 Å². The molecule has 2 rings (SSSR count). The Morgan fingerprint density at radius 3 is 2.10 bits per heavy atom. The lowest BCUT2D eigenvalue weighted by molar-refractivity contribution is -0.145. The van der Waals surface area contributed by atoms with Crippen LogP contribution in [0.2, 0.25) is 0 Å². The largest absolute Gasteiger partial charge is 0.469 e. The van der Waals surface area contributed by atoms with Crippen molar-refractivity contribution >= 4 is 12.1 Å². The van der Waals surface area contributed by atoms with E-state index in [1.54, 1.807) is 6.92 Å². The number of alkyl carbamates (subject to hydrolysis) is 1. The summed E-state index contributed by atoms with van der Waals surface area (Å²) in [5, 5.41) is 2.91. The third kappa shape index (κ3) is 7.60. The van der Waals surface area contributed by atoms with Gasteiger partial charge in [0.1, 0.15) is 5.60 Å². The molecule has 2 atom stereocenters. The minimum Gasteiger partial charge on any atom is -0.469 e. The zero-order valence-corrected chi connectivity index (χ0v) is 17.9. The molecule has 0 fully saturated rings. The van der Waals surface area contributed by atoms with Crippen molar-refractivity contribution in [2.75, 3.05) is 7.11 Å². The van der Waals surface area contributed by atoms with Gasteiger partial charge in [-0.15, -0.1) is 0 Å². The van der Waals surface area contributed by atoms with Crippen LogP contribution in [-0.2, 0) is 20.7 Å². The van der Waals surface area contributed by atoms with Crippen LogP contribution in [0.4, 0.5) is 4.79 Å². The van der Waals surface area contributed by atoms with Crippen molar-refractivity contribution in [2.45, 2.75) is 52.2 Å². The zero-order valence-electron chi connectivity index (χ0n) is 17.9. The van der Waals surface area contributed by atoms with Crippen molar-refractivity contribution in [2.24, 2.45) is 5.92 Å². The Labute approximate surface area is 173 Å². The van der Waals surface area contributed by atoms with Crippen LogP contribution < -0.4 is 5.32 Å². The first-order valence-corrected chi connectivity index (χ1v) is 9.89. The van der Waals surface area contributed by atoms with Crippen LogP contribution in [0.15, 0.2) is 54.6 Å². The number of hydrogen-bond donors (Lipinski definition) is 1. The molecule has 2 aromatic rings. The summed E-state index contributed by atoms with van der Waals surface area (Å²) in [6.07, 6.45) is 0.572. The number of ether oxygens (including phenoxy) is 2. The van der Waals surface area contributed by atoms with E-state index in [2.05, 4.69) is 41.7 Å². The fourth-order valence-electron chi connectivity index (χ4n) is 3.14. The molecular weight excluding hydrogens is 366 g/mol. The summed E-state index contributed by atoms with van der Waals surface area (Å²) < 4.78 is 10.2. The molecule has 0 radical (unpaired) electrons. The summed E-state index contributed by atoms with van der Waals surface area (Å²) >= 11 is 0. The maximum atomic E-state index is 12.3. The Morgan fingerprint density at radius 2 is 1.55 bits per heavy atom. The topological polar surface area (TPSA) is 64.6 Å². The SMILES string of the molecule is COC(=O)[C@H](C)CC(Cc1ccc(-c2ccccc2)cc1)NC(=O)OC(C)(C)C. The number of benzene rings is 2. The van der Waals surface area contributed by atoms with Gasteiger partial charge in [0.25, 0.3) is 0 Å². The minimum absolute atomic E-state index is 0.249. The maximum absolute atomic E-state index is 12.3. The summed E-state index contributed by atoms with van der Waals surface area (Å²) in [6.45, 7) is 7.26. The molecule has 1 unspecified atom stereocenters. The van der Waals surface area contributed by atoms with Gasteiger partial charge in [0.15, 0.2) is 0 Å². The van der Waals surface area contributed by atoms with Gasteiger partial charge in [-0.2, -0.15) is 0 Å². The van der Waals surface area contributed by atoms with E-state index in [0.717, 1.165) is 16.7 Å². The number of carbonyl (C=O) groups excluding carboxylic acids is 2. The third-order valence-corrected chi connectivity index (χ3v) is 4.51. The molecule has 0 bridgehead atoms. The van der Waals surface area contributed by atoms with E-state index in [1.807, 2.05) is 39.0 Å². The van der Waals surface area contributed by atoms with E-state index in [-0.39, 0.29) is 17.9 Å². The van der Waals surface area contributed by atoms with Gasteiger partial charge in [0.2, 0.25) is 0 Å². The molecule has 0 saturated heterocycles. The highest BCUT2D eigenvalue weighted by Gasteiger charge is 2.24. The third-order valence-electron chi connectivity index (χ3n) is 4.51. The quantitative estimate of drug-likeness (QED) is 0.669. The summed E-state index contributed by atoms with van der Waals surface area (Å²) in [4.78, 5) is 24.1. The molecule has 0 aliphatic rings. The van der Waals surface area contributed by atoms with E-state index in [9.17, 15) is 9.59 Å². The predicted molar refractivity (Wildman–Crippen MR) is 115 cm³/mol. The molecule has 0 heterocycles. The van der Waals surface area contributed by atoms with Crippen molar-refractivity contribution in [1.29, 1.82) is 0 Å². The molecule has 5 nitrogen and oxygen atoms in total. The van der Waals surface area contributed by atoms with Gasteiger partial charge in [0, 0.05) is 6.04 Å². The number of hydrogen-bond acceptors (Lipinski definition) is 4. The maximum Gasteiger partial charge on any atom is 0.407 e. The smallest absolute Gasteiger partial charge is 0.407 e. The fraction of sp³-hybridized carbons (Fsp3) is 0.417. The van der Waals surface area contributed by atoms with Crippen LogP contribution in [0.25, 0.3) is 11.1 Å². The van der Waals surface area contributed by atoms with Gasteiger partial charge < -0.3 is 14.8 Å². The second-order valence-electron chi connectivity index (χ2n) is 8.27. The van der Waals surface area contributed by atoms with E-state index in [0.29, 0.717) is 12.8 Å². The van der Waals surface area contributed by atoms with Gasteiger partial charge >= 0.3 is 12.1 Å². The number of nitrogens with one attached hydrogen (secondary N) is 1. The monoisotopic (exact) mass is 397 g/mol. The van der Waals surface area contributed by atoms with Crippen molar-refractivity contribution in [3.63, 3.8) is 0 Å². The number of carbonyl (C=O) groups is 2. The molecule has 29 heavy (non-hydrogen) atoms. The van der Waals surface area contributed by atoms with Crippen LogP contribution in [0.5, 0.6) is 0 Å². The fourth-order valence-corrected chi connectivity index (χ4v) is 3.14. The highest BCUT2D eigenvalue weighted by atomic mass is 16.6. The van der Waals surface area contributed by atoms with Crippen molar-refractivity contribution in [3.8, 4) is 11.1 Å². The predicted octanol–water partition coefficient (Wildman–Crippen LogP) is 4.99. The highest BCUT2D eigenvalue weighted by molar-refractivity contribution is 5.72. The average molecular weight is 398 g/mol. The first-order valence-electron chi connectivity index (χ1n) is 9.89. The van der Waals surface area contributed by atoms with E-state index in [4.69, 9.17) is 9.47 Å². The van der Waals surface area contributed by atoms with Gasteiger partial charge in [-0.05, 0) is 50.3 Å². The van der Waals surface area contributed by atoms with Gasteiger partial charge in [-0.3, -0.25) is 4.79 Å². The second kappa shape index (κ2) is 10.1. The van der Waals surface area contributed by atoms with E-state index in [1.165, 1.54) is 7.11 Å². The second-order valence-corrected chi connectivity index (χ2v) is 8.27. The van der Waals surface area contributed by atoms with Gasteiger partial charge in [-0.1, -0.05) is 61.5 Å². The Morgan fingerprint density at radius 1 is 0.966 bits per heavy atom. The molecule has 0 saturated carbocycles. The van der Waals surface area contributed by atoms with Crippen molar-refractivity contribution in [1.82, 2.24) is 5.32 Å². The summed E-state index contributed by atoms with van der Waals surface area (Å²) in [6, 6.07) is 18.1. The molecule has 0 aromatic heterocycles. The standard InChI is InChI=1S/C24H31NO4/c1-17(22(26)28-5)15-21(25-23(27)29-24(2,3)4)16-18-11-13-20(14-12-18)19-9-7-6-8-10-19/h6-14,17,21H,15-16H2,1-5H3,(H,25,27)/t17-,21?/m1/s1. The Balaban J connectivity index is 2.11. The molecule has 2 aromatic carbocycles. The van der Waals surface area contributed by atoms with Crippen molar-refractivity contribution < 1.29 is 19.1 Å². The lowest BCUT2D eigenvalue weighted by Gasteiger charge is -2.25. The lowest BCUT2D eigenvalue weighted by atomic mass is 9.95. The summed E-state index contributed by atoms with van der Waals surface area (Å²) in [7, 11) is 1.37. The number of esters is 1. The molecule has 0 aliphatic carbocycles. The number of methoxy groups -OCH3 is 1. The van der Waals surface area contributed by atoms with Gasteiger partial charge in [-0.25, -0.2) is 4.79 Å². The number of amides is 1. The molecular formula is C24H31NO4. The van der Waals surface area contributed by atoms with Gasteiger partial charge in [0.05, 0.1) is 13.0 Å². The molecule has 5 heteroatoms. The van der Waals surface area contributed by atoms with E-state index >= 15 is 0 Å². The van der Waals surface area contributed by atoms with Crippen LogP contribution in [0.1, 0.15) is 39.7 Å². The van der Waals surface area contributed by atoms with Crippen LogP contribution in [-0.4, -0.2) is 30.8 Å². The Kier molecular flexibility index (Phi) is 7.82. The van der Waals surface area contributed by atoms with Crippen molar-refractivity contribution in [3.05, 3.63) is 60.2 Å². The summed E-state index contributed by atoms with van der Waals surface area (Å²) in [5.74, 6) is -0.621. The minimum atomic E-state index is -0.583. The first kappa shape index (κ1) is 22.5. The molecule has 1 amide bonds. The normalized spacial score (nSPS) is 13.3. The zero-order chi connectivity index (χ0) is 21.4. The molecule has 156 valence electrons. The van der Waals surface area contributed by atoms with Crippen LogP contribution >= 0.6 is 0 Å². The number of rotatable bonds is 7. The van der Waals surface area contributed by atoms with Crippen LogP contribution in [0, 0.1) is 5.92 Å². The Hall–Kier alpha value is -2.82.